The lowest BCUT2D eigenvalue weighted by molar-refractivity contribution is -0.685. The van der Waals surface area contributed by atoms with E-state index in [1.54, 1.807) is 18.6 Å². The van der Waals surface area contributed by atoms with Crippen LogP contribution in [0.15, 0.2) is 128 Å². The molecule has 0 N–H and O–H groups in total. The molecule has 0 aliphatic rings. The van der Waals surface area contributed by atoms with E-state index in [-0.39, 0.29) is 5.78 Å². The molecule has 6 rings (SSSR count). The predicted octanol–water partition coefficient (Wildman–Crippen LogP) is 13.5. The molecule has 0 radical (unpaired) electrons. The Balaban J connectivity index is 0.000000483. The fraction of sp³-hybridized carbons (Fsp3) is 0.213. The molecule has 0 saturated heterocycles. The molecule has 28 heteroatoms. The summed E-state index contributed by atoms with van der Waals surface area (Å²) in [6.07, 6.45) is -49.6. The molecule has 0 atom stereocenters. The van der Waals surface area contributed by atoms with Gasteiger partial charge < -0.3 is 0 Å². The molecule has 6 aromatic rings. The number of aromatic nitrogens is 2. The largest absolute Gasteiger partial charge is 0.416 e. The van der Waals surface area contributed by atoms with Crippen LogP contribution in [-0.2, 0) is 56.0 Å². The van der Waals surface area contributed by atoms with Gasteiger partial charge in [0.15, 0.2) is 6.20 Å². The summed E-state index contributed by atoms with van der Waals surface area (Å²) < 4.78 is 343. The van der Waals surface area contributed by atoms with Crippen molar-refractivity contribution < 1.29 is 115 Å². The molecule has 1 heterocycles. The Bertz CT molecular complexity index is 2630. The first-order valence-corrected chi connectivity index (χ1v) is 20.4. The maximum absolute atomic E-state index is 14.2. The molecule has 0 spiro atoms. The molecule has 3 nitrogen and oxygen atoms in total. The number of halogens is 24. The molecule has 0 amide bonds. The van der Waals surface area contributed by atoms with Gasteiger partial charge in [0.25, 0.3) is 0 Å². The van der Waals surface area contributed by atoms with Crippen LogP contribution in [0.4, 0.5) is 105 Å². The third-order valence-electron chi connectivity index (χ3n) is 11.1. The Morgan fingerprint density at radius 3 is 0.920 bits per heavy atom. The predicted molar refractivity (Wildman–Crippen MR) is 220 cm³/mol. The van der Waals surface area contributed by atoms with Gasteiger partial charge in [-0.1, -0.05) is 85.4 Å². The van der Waals surface area contributed by atoms with E-state index in [0.717, 1.165) is 16.8 Å². The van der Waals surface area contributed by atoms with Gasteiger partial charge in [0.05, 0.1) is 56.9 Å². The zero-order valence-electron chi connectivity index (χ0n) is 36.9. The van der Waals surface area contributed by atoms with Gasteiger partial charge in [-0.25, -0.2) is 0 Å². The van der Waals surface area contributed by atoms with Crippen molar-refractivity contribution in [2.75, 3.05) is 0 Å². The van der Waals surface area contributed by atoms with Crippen LogP contribution in [0.1, 0.15) is 67.5 Å². The standard InChI is InChI=1S/C32H12BF24.C15H15N2O/c34-25(35,36)13-1-14(26(37,38)39)6-21(5-13)33(22-7-15(27(40,41)42)2-16(8-22)28(43,44)45,23-9-17(29(46,47)48)3-18(10-23)30(49,50)51)24-11-19(31(52,53)54)4-20(12-24)32(55,56)57;1-12(2)14-10-16-8-9-17(14)11-15(18)13-6-4-3-5-7-13/h1-12H;3-10H,1,11H2,2H3/q-1;+1. The summed E-state index contributed by atoms with van der Waals surface area (Å²) >= 11 is 0. The first-order valence-electron chi connectivity index (χ1n) is 20.4. The van der Waals surface area contributed by atoms with Gasteiger partial charge in [-0.15, -0.1) is 0 Å². The summed E-state index contributed by atoms with van der Waals surface area (Å²) in [6.45, 7) is 6.10. The van der Waals surface area contributed by atoms with Crippen LogP contribution in [0.25, 0.3) is 5.57 Å². The summed E-state index contributed by atoms with van der Waals surface area (Å²) in [7, 11) is 0. The second-order valence-electron chi connectivity index (χ2n) is 16.4. The first-order chi connectivity index (χ1) is 33.9. The molecule has 0 fully saturated rings. The van der Waals surface area contributed by atoms with Crippen LogP contribution in [0.5, 0.6) is 0 Å². The van der Waals surface area contributed by atoms with E-state index >= 15 is 0 Å². The van der Waals surface area contributed by atoms with Crippen molar-refractivity contribution in [2.45, 2.75) is 62.9 Å². The molecular weight excluding hydrogens is 1080 g/mol. The van der Waals surface area contributed by atoms with Crippen molar-refractivity contribution in [2.24, 2.45) is 0 Å². The SMILES string of the molecule is C=C(C)c1cncc[n+]1CC(=O)c1ccccc1.FC(F)(F)c1cc([B-](c2cc(C(F)(F)F)cc(C(F)(F)F)c2)(c2cc(C(F)(F)F)cc(C(F)(F)F)c2)c2cc(C(F)(F)F)cc(C(F)(F)F)c2)cc(C(F)(F)F)c1. The summed E-state index contributed by atoms with van der Waals surface area (Å²) in [5.74, 6) is 0.0781. The Morgan fingerprint density at radius 1 is 0.440 bits per heavy atom. The van der Waals surface area contributed by atoms with E-state index in [2.05, 4.69) is 11.6 Å². The van der Waals surface area contributed by atoms with Gasteiger partial charge in [0.2, 0.25) is 18.0 Å². The van der Waals surface area contributed by atoms with Crippen molar-refractivity contribution in [3.8, 4) is 0 Å². The van der Waals surface area contributed by atoms with Gasteiger partial charge in [-0.05, 0) is 31.2 Å². The number of carbonyl (C=O) groups is 1. The first kappa shape index (κ1) is 58.9. The highest BCUT2D eigenvalue weighted by Gasteiger charge is 2.47. The molecule has 75 heavy (non-hydrogen) atoms. The molecule has 5 aromatic carbocycles. The van der Waals surface area contributed by atoms with E-state index in [9.17, 15) is 110 Å². The summed E-state index contributed by atoms with van der Waals surface area (Å²) in [4.78, 5) is 16.2. The van der Waals surface area contributed by atoms with E-state index in [0.29, 0.717) is 6.54 Å². The number of nitrogens with zero attached hydrogens (tertiary/aromatic N) is 2. The highest BCUT2D eigenvalue weighted by atomic mass is 19.4. The minimum Gasteiger partial charge on any atom is -0.287 e. The number of ketones is 1. The lowest BCUT2D eigenvalue weighted by Crippen LogP contribution is -2.75. The molecule has 0 aliphatic carbocycles. The summed E-state index contributed by atoms with van der Waals surface area (Å²) in [6, 6.07) is 0.466. The molecule has 0 bridgehead atoms. The second kappa shape index (κ2) is 20.3. The minimum absolute atomic E-state index is 0.0781. The fourth-order valence-corrected chi connectivity index (χ4v) is 7.82. The highest BCUT2D eigenvalue weighted by Crippen LogP contribution is 2.41. The lowest BCUT2D eigenvalue weighted by Gasteiger charge is -2.46. The van der Waals surface area contributed by atoms with Crippen LogP contribution < -0.4 is 26.4 Å². The zero-order valence-corrected chi connectivity index (χ0v) is 36.9. The quantitative estimate of drug-likeness (QED) is 0.0659. The molecule has 0 unspecified atom stereocenters. The number of hydrogen-bond donors (Lipinski definition) is 0. The van der Waals surface area contributed by atoms with Crippen LogP contribution in [0, 0.1) is 0 Å². The molecule has 0 saturated carbocycles. The molecular formula is C47H27BF24N2O. The maximum atomic E-state index is 14.2. The smallest absolute Gasteiger partial charge is 0.287 e. The number of hydrogen-bond acceptors (Lipinski definition) is 2. The van der Waals surface area contributed by atoms with Gasteiger partial charge in [-0.2, -0.15) is 132 Å². The van der Waals surface area contributed by atoms with E-state index in [1.807, 2.05) is 41.8 Å². The Kier molecular flexibility index (Phi) is 15.9. The number of rotatable bonds is 8. The lowest BCUT2D eigenvalue weighted by atomic mass is 9.12. The van der Waals surface area contributed by atoms with E-state index in [1.165, 1.54) is 0 Å². The molecule has 0 aliphatic heterocycles. The van der Waals surface area contributed by atoms with Crippen molar-refractivity contribution in [1.82, 2.24) is 4.98 Å². The number of carbonyl (C=O) groups excluding carboxylic acids is 1. The van der Waals surface area contributed by atoms with Crippen LogP contribution >= 0.6 is 0 Å². The van der Waals surface area contributed by atoms with Crippen molar-refractivity contribution in [3.05, 3.63) is 184 Å². The number of allylic oxidation sites excluding steroid dienone is 1. The van der Waals surface area contributed by atoms with Gasteiger partial charge >= 0.3 is 49.4 Å². The van der Waals surface area contributed by atoms with Crippen LogP contribution in [0.3, 0.4) is 0 Å². The Hall–Kier alpha value is -7.03. The van der Waals surface area contributed by atoms with Gasteiger partial charge in [-0.3, -0.25) is 9.78 Å². The second-order valence-corrected chi connectivity index (χ2v) is 16.4. The zero-order chi connectivity index (χ0) is 56.9. The number of alkyl halides is 24. The number of Topliss-reactive ketones (excluding diaryl/α,β-unsaturated/α-hetero) is 1. The normalized spacial score (nSPS) is 13.3. The third-order valence-corrected chi connectivity index (χ3v) is 11.1. The van der Waals surface area contributed by atoms with Crippen LogP contribution in [-0.4, -0.2) is 16.9 Å². The third kappa shape index (κ3) is 13.6. The van der Waals surface area contributed by atoms with E-state index in [4.69, 9.17) is 0 Å². The van der Waals surface area contributed by atoms with Crippen molar-refractivity contribution >= 4 is 39.4 Å². The van der Waals surface area contributed by atoms with Gasteiger partial charge in [0, 0.05) is 11.1 Å². The van der Waals surface area contributed by atoms with Crippen molar-refractivity contribution in [1.29, 1.82) is 0 Å². The number of benzene rings is 5. The Morgan fingerprint density at radius 2 is 0.693 bits per heavy atom. The van der Waals surface area contributed by atoms with Crippen LogP contribution in [0.2, 0.25) is 0 Å². The molecule has 402 valence electrons. The molecule has 1 aromatic heterocycles. The van der Waals surface area contributed by atoms with Crippen molar-refractivity contribution in [3.63, 3.8) is 0 Å². The van der Waals surface area contributed by atoms with Gasteiger partial charge in [0.1, 0.15) is 6.15 Å². The maximum Gasteiger partial charge on any atom is 0.416 e. The summed E-state index contributed by atoms with van der Waals surface area (Å²) in [5.41, 5.74) is -27.7. The minimum atomic E-state index is -6.13. The average Bonchev–Trinajstić information content (AvgIpc) is 3.27. The summed E-state index contributed by atoms with van der Waals surface area (Å²) in [5, 5.41) is 0. The topological polar surface area (TPSA) is 33.8 Å². The Labute approximate surface area is 405 Å². The average molecular weight is 1100 g/mol. The fourth-order valence-electron chi connectivity index (χ4n) is 7.82. The van der Waals surface area contributed by atoms with E-state index < -0.39 is 195 Å². The highest BCUT2D eigenvalue weighted by molar-refractivity contribution is 7.20. The monoisotopic (exact) mass is 1100 g/mol.